The van der Waals surface area contributed by atoms with Gasteiger partial charge in [0, 0.05) is 17.2 Å². The lowest BCUT2D eigenvalue weighted by molar-refractivity contribution is 0.0920. The van der Waals surface area contributed by atoms with Gasteiger partial charge in [-0.25, -0.2) is 9.48 Å². The lowest BCUT2D eigenvalue weighted by atomic mass is 9.77. The third-order valence-electron chi connectivity index (χ3n) is 8.95. The molecule has 5 aromatic rings. The minimum atomic E-state index is -0.406. The number of nitrogens with one attached hydrogen (secondary N) is 3. The van der Waals surface area contributed by atoms with Gasteiger partial charge in [-0.15, -0.1) is 11.3 Å². The van der Waals surface area contributed by atoms with Crippen molar-refractivity contribution in [2.24, 2.45) is 5.92 Å². The predicted octanol–water partition coefficient (Wildman–Crippen LogP) is 8.83. The van der Waals surface area contributed by atoms with Crippen molar-refractivity contribution in [3.63, 3.8) is 0 Å². The highest BCUT2D eigenvalue weighted by Gasteiger charge is 2.34. The average molecular weight is 662 g/mol. The molecule has 0 radical (unpaired) electrons. The van der Waals surface area contributed by atoms with Gasteiger partial charge in [0.1, 0.15) is 11.6 Å². The summed E-state index contributed by atoms with van der Waals surface area (Å²) in [4.78, 5) is 28.9. The molecule has 2 amide bonds. The number of anilines is 2. The summed E-state index contributed by atoms with van der Waals surface area (Å²) in [5, 5.41) is 16.5. The zero-order valence-corrected chi connectivity index (χ0v) is 29.0. The van der Waals surface area contributed by atoms with E-state index in [4.69, 9.17) is 9.84 Å². The molecule has 1 aliphatic rings. The molecule has 2 aromatic heterocycles. The van der Waals surface area contributed by atoms with Crippen molar-refractivity contribution in [3.05, 3.63) is 112 Å². The number of hydrogen-bond acceptors (Lipinski definition) is 6. The Morgan fingerprint density at radius 2 is 1.65 bits per heavy atom. The lowest BCUT2D eigenvalue weighted by Gasteiger charge is -2.31. The van der Waals surface area contributed by atoms with E-state index in [1.807, 2.05) is 97.2 Å². The van der Waals surface area contributed by atoms with Crippen LogP contribution in [0.1, 0.15) is 66.0 Å². The van der Waals surface area contributed by atoms with E-state index < -0.39 is 11.9 Å². The standard InChI is InChI=1S/C39H43N5O3S/c1-25-10-14-29(15-11-25)44-35(23-34(43-44)39(2,3)4)42-38(46)41-32-9-7-6-8-31(32)36(27-18-20-40-21-19-27)37(45)33-22-28(24-48-33)26-12-16-30(47-5)17-13-26/h6-17,22-24,27,36,40H,18-21H2,1-5H3,(H2,41,42,46). The maximum Gasteiger partial charge on any atom is 0.324 e. The van der Waals surface area contributed by atoms with Crippen LogP contribution in [0, 0.1) is 12.8 Å². The molecule has 1 fully saturated rings. The molecule has 8 nitrogen and oxygen atoms in total. The average Bonchev–Trinajstić information content (AvgIpc) is 3.75. The number of piperidine rings is 1. The smallest absolute Gasteiger partial charge is 0.324 e. The topological polar surface area (TPSA) is 97.3 Å². The molecule has 0 saturated carbocycles. The van der Waals surface area contributed by atoms with Crippen LogP contribution in [0.25, 0.3) is 16.8 Å². The number of thiophene rings is 1. The number of nitrogens with zero attached hydrogens (tertiary/aromatic N) is 2. The maximum atomic E-state index is 14.5. The summed E-state index contributed by atoms with van der Waals surface area (Å²) in [6.45, 7) is 10.0. The fourth-order valence-electron chi connectivity index (χ4n) is 6.21. The van der Waals surface area contributed by atoms with Crippen LogP contribution >= 0.6 is 11.3 Å². The number of carbonyl (C=O) groups is 2. The number of urea groups is 1. The van der Waals surface area contributed by atoms with Gasteiger partial charge < -0.3 is 15.4 Å². The quantitative estimate of drug-likeness (QED) is 0.137. The number of benzene rings is 3. The van der Waals surface area contributed by atoms with E-state index in [2.05, 4.69) is 36.7 Å². The second kappa shape index (κ2) is 14.2. The van der Waals surface area contributed by atoms with Crippen LogP contribution in [0.2, 0.25) is 0 Å². The first-order valence-corrected chi connectivity index (χ1v) is 17.3. The second-order valence-electron chi connectivity index (χ2n) is 13.4. The lowest BCUT2D eigenvalue weighted by Crippen LogP contribution is -2.34. The van der Waals surface area contributed by atoms with Crippen molar-refractivity contribution in [2.45, 2.75) is 51.9 Å². The number of aryl methyl sites for hydroxylation is 1. The van der Waals surface area contributed by atoms with Crippen LogP contribution < -0.4 is 20.7 Å². The molecule has 1 unspecified atom stereocenters. The molecule has 1 saturated heterocycles. The highest BCUT2D eigenvalue weighted by Crippen LogP contribution is 2.40. The van der Waals surface area contributed by atoms with E-state index in [-0.39, 0.29) is 17.1 Å². The normalized spacial score (nSPS) is 14.4. The molecule has 1 atom stereocenters. The van der Waals surface area contributed by atoms with Crippen molar-refractivity contribution in [1.29, 1.82) is 0 Å². The predicted molar refractivity (Wildman–Crippen MR) is 195 cm³/mol. The summed E-state index contributed by atoms with van der Waals surface area (Å²) in [5.41, 5.74) is 6.12. The van der Waals surface area contributed by atoms with Gasteiger partial charge in [-0.2, -0.15) is 5.10 Å². The Morgan fingerprint density at radius 3 is 2.33 bits per heavy atom. The van der Waals surface area contributed by atoms with Gasteiger partial charge in [0.15, 0.2) is 5.78 Å². The Kier molecular flexibility index (Phi) is 9.80. The molecular weight excluding hydrogens is 619 g/mol. The van der Waals surface area contributed by atoms with Gasteiger partial charge in [0.05, 0.1) is 29.3 Å². The van der Waals surface area contributed by atoms with Crippen molar-refractivity contribution < 1.29 is 14.3 Å². The molecule has 0 spiro atoms. The fourth-order valence-corrected chi connectivity index (χ4v) is 7.11. The number of ether oxygens (including phenoxy) is 1. The molecule has 0 bridgehead atoms. The Balaban J connectivity index is 1.29. The van der Waals surface area contributed by atoms with E-state index in [1.54, 1.807) is 11.8 Å². The number of carbonyl (C=O) groups excluding carboxylic acids is 2. The largest absolute Gasteiger partial charge is 0.497 e. The summed E-state index contributed by atoms with van der Waals surface area (Å²) in [6, 6.07) is 27.1. The molecule has 9 heteroatoms. The number of hydrogen-bond donors (Lipinski definition) is 3. The molecule has 3 aromatic carbocycles. The molecule has 6 rings (SSSR count). The third-order valence-corrected chi connectivity index (χ3v) is 9.89. The van der Waals surface area contributed by atoms with E-state index in [9.17, 15) is 9.59 Å². The van der Waals surface area contributed by atoms with Crippen LogP contribution in [-0.4, -0.2) is 41.8 Å². The fraction of sp³-hybridized carbons (Fsp3) is 0.308. The van der Waals surface area contributed by atoms with E-state index >= 15 is 0 Å². The van der Waals surface area contributed by atoms with E-state index in [1.165, 1.54) is 11.3 Å². The molecule has 48 heavy (non-hydrogen) atoms. The minimum absolute atomic E-state index is 0.0774. The number of ketones is 1. The van der Waals surface area contributed by atoms with Crippen LogP contribution in [-0.2, 0) is 5.41 Å². The van der Waals surface area contributed by atoms with Gasteiger partial charge >= 0.3 is 6.03 Å². The molecular formula is C39H43N5O3S. The summed E-state index contributed by atoms with van der Waals surface area (Å²) in [6.07, 6.45) is 1.75. The number of amides is 2. The molecule has 0 aliphatic carbocycles. The second-order valence-corrected chi connectivity index (χ2v) is 14.3. The Bertz CT molecular complexity index is 1880. The monoisotopic (exact) mass is 661 g/mol. The third kappa shape index (κ3) is 7.37. The van der Waals surface area contributed by atoms with Gasteiger partial charge in [0.2, 0.25) is 0 Å². The zero-order chi connectivity index (χ0) is 33.8. The Labute approximate surface area is 286 Å². The number of aromatic nitrogens is 2. The summed E-state index contributed by atoms with van der Waals surface area (Å²) in [5.74, 6) is 1.16. The summed E-state index contributed by atoms with van der Waals surface area (Å²) in [7, 11) is 1.65. The van der Waals surface area contributed by atoms with E-state index in [0.717, 1.165) is 65.3 Å². The number of rotatable bonds is 9. The first-order chi connectivity index (χ1) is 23.1. The highest BCUT2D eigenvalue weighted by molar-refractivity contribution is 7.12. The van der Waals surface area contributed by atoms with Gasteiger partial charge in [-0.1, -0.05) is 68.8 Å². The molecule has 3 N–H and O–H groups in total. The maximum absolute atomic E-state index is 14.5. The van der Waals surface area contributed by atoms with Crippen molar-refractivity contribution in [3.8, 4) is 22.6 Å². The Hall–Kier alpha value is -4.73. The van der Waals surface area contributed by atoms with Crippen molar-refractivity contribution >= 4 is 34.7 Å². The van der Waals surface area contributed by atoms with Crippen molar-refractivity contribution in [1.82, 2.24) is 15.1 Å². The summed E-state index contributed by atoms with van der Waals surface area (Å²) >= 11 is 1.47. The molecule has 3 heterocycles. The summed E-state index contributed by atoms with van der Waals surface area (Å²) < 4.78 is 7.08. The first kappa shape index (κ1) is 33.2. The van der Waals surface area contributed by atoms with Crippen molar-refractivity contribution in [2.75, 3.05) is 30.8 Å². The van der Waals surface area contributed by atoms with Crippen LogP contribution in [0.15, 0.2) is 90.3 Å². The number of methoxy groups -OCH3 is 1. The van der Waals surface area contributed by atoms with Gasteiger partial charge in [-0.05, 0) is 97.2 Å². The van der Waals surface area contributed by atoms with Gasteiger partial charge in [-0.3, -0.25) is 10.1 Å². The molecule has 1 aliphatic heterocycles. The Morgan fingerprint density at radius 1 is 0.938 bits per heavy atom. The van der Waals surface area contributed by atoms with Gasteiger partial charge in [0.25, 0.3) is 0 Å². The first-order valence-electron chi connectivity index (χ1n) is 16.4. The van der Waals surface area contributed by atoms with Crippen LogP contribution in [0.5, 0.6) is 5.75 Å². The number of para-hydroxylation sites is 1. The number of Topliss-reactive ketones (excluding diaryl/α,β-unsaturated/α-hetero) is 1. The SMILES string of the molecule is COc1ccc(-c2csc(C(=O)C(c3ccccc3NC(=O)Nc3cc(C(C)(C)C)nn3-c3ccc(C)cc3)C3CCNCC3)c2)cc1. The minimum Gasteiger partial charge on any atom is -0.497 e. The van der Waals surface area contributed by atoms with Crippen LogP contribution in [0.3, 0.4) is 0 Å². The molecule has 248 valence electrons. The van der Waals surface area contributed by atoms with E-state index in [0.29, 0.717) is 16.4 Å². The van der Waals surface area contributed by atoms with Crippen LogP contribution in [0.4, 0.5) is 16.3 Å². The zero-order valence-electron chi connectivity index (χ0n) is 28.2. The highest BCUT2D eigenvalue weighted by atomic mass is 32.1.